The molecule has 0 aliphatic rings. The minimum absolute atomic E-state index is 0.0486. The van der Waals surface area contributed by atoms with Crippen molar-refractivity contribution in [3.05, 3.63) is 0 Å². The largest absolute Gasteiger partial charge is 0.466 e. The topological polar surface area (TPSA) is 316 Å². The fourth-order valence-electron chi connectivity index (χ4n) is 9.90. The molecule has 0 aromatic carbocycles. The van der Waals surface area contributed by atoms with E-state index in [4.69, 9.17) is 77.8 Å². The first-order chi connectivity index (χ1) is 48.0. The van der Waals surface area contributed by atoms with Crippen LogP contribution in [0.2, 0.25) is 0 Å². The zero-order valence-corrected chi connectivity index (χ0v) is 62.1. The number of carbonyl (C=O) groups excluding carboxylic acids is 6. The summed E-state index contributed by atoms with van der Waals surface area (Å²) in [7, 11) is 0. The highest BCUT2D eigenvalue weighted by Gasteiger charge is 2.24. The average molecular weight is 1430 g/mol. The van der Waals surface area contributed by atoms with E-state index in [1.54, 1.807) is 0 Å². The van der Waals surface area contributed by atoms with E-state index in [1.165, 1.54) is 140 Å². The Kier molecular flexibility index (Phi) is 75.8. The Morgan fingerprint density at radius 1 is 0.357 bits per heavy atom. The van der Waals surface area contributed by atoms with Gasteiger partial charge in [0.1, 0.15) is 17.9 Å². The quantitative estimate of drug-likeness (QED) is 0.0325. The molecule has 0 spiro atoms. The third-order valence-electron chi connectivity index (χ3n) is 15.8. The first-order valence-electron chi connectivity index (χ1n) is 37.9. The Morgan fingerprint density at radius 3 is 1.03 bits per heavy atom. The predicted octanol–water partition coefficient (Wildman–Crippen LogP) is 10.1. The maximum atomic E-state index is 13.1. The lowest BCUT2D eigenvalue weighted by molar-refractivity contribution is -0.150. The fourth-order valence-corrected chi connectivity index (χ4v) is 10.9. The fraction of sp³-hybridized carbons (Fsp3) is 0.918. The van der Waals surface area contributed by atoms with Gasteiger partial charge in [-0.05, 0) is 19.3 Å². The van der Waals surface area contributed by atoms with Crippen molar-refractivity contribution < 1.29 is 100 Å². The van der Waals surface area contributed by atoms with E-state index in [1.807, 2.05) is 0 Å². The summed E-state index contributed by atoms with van der Waals surface area (Å²) < 4.78 is 77.5. The molecular formula is C73H139N3O21S. The third-order valence-corrected chi connectivity index (χ3v) is 17.0. The SMILES string of the molecule is CCCCCCCCCCCCCCCC(=O)OCC[C@H](CSC[C@H](N)C(=O)N[C@@H](CO)C(=O)CCCOCCOCCOCCOCCOCCOCCOCCOCCOCCOCCOCCOCCC(=O)CCC(N)=O)OC(=O)CCCCCCCCCCCCCCC. The number of thioether (sulfide) groups is 1. The number of amides is 2. The van der Waals surface area contributed by atoms with Gasteiger partial charge < -0.3 is 88.2 Å². The van der Waals surface area contributed by atoms with E-state index in [2.05, 4.69) is 19.2 Å². The molecule has 0 aromatic heterocycles. The van der Waals surface area contributed by atoms with Crippen molar-refractivity contribution in [1.29, 1.82) is 0 Å². The van der Waals surface area contributed by atoms with E-state index >= 15 is 0 Å². The van der Waals surface area contributed by atoms with Crippen LogP contribution in [0.3, 0.4) is 0 Å². The number of rotatable bonds is 83. The van der Waals surface area contributed by atoms with Crippen LogP contribution in [-0.4, -0.2) is 242 Å². The summed E-state index contributed by atoms with van der Waals surface area (Å²) in [6.45, 7) is 14.0. The molecule has 0 heterocycles. The van der Waals surface area contributed by atoms with Crippen molar-refractivity contribution >= 4 is 47.1 Å². The summed E-state index contributed by atoms with van der Waals surface area (Å²) in [6.07, 6.45) is 33.2. The minimum atomic E-state index is -1.10. The summed E-state index contributed by atoms with van der Waals surface area (Å²) >= 11 is 1.35. The van der Waals surface area contributed by atoms with Gasteiger partial charge >= 0.3 is 11.9 Å². The van der Waals surface area contributed by atoms with E-state index in [9.17, 15) is 33.9 Å². The van der Waals surface area contributed by atoms with Gasteiger partial charge in [-0.1, -0.05) is 168 Å². The second-order valence-corrected chi connectivity index (χ2v) is 25.7. The van der Waals surface area contributed by atoms with Gasteiger partial charge in [-0.3, -0.25) is 28.8 Å². The second-order valence-electron chi connectivity index (χ2n) is 24.7. The monoisotopic (exact) mass is 1430 g/mol. The lowest BCUT2D eigenvalue weighted by Crippen LogP contribution is -2.51. The summed E-state index contributed by atoms with van der Waals surface area (Å²) in [5.74, 6) is -1.42. The second kappa shape index (κ2) is 78.2. The third kappa shape index (κ3) is 72.8. The molecule has 2 amide bonds. The summed E-state index contributed by atoms with van der Waals surface area (Å²) in [5, 5.41) is 12.6. The van der Waals surface area contributed by atoms with Crippen LogP contribution in [0.25, 0.3) is 0 Å². The van der Waals surface area contributed by atoms with Gasteiger partial charge in [0.25, 0.3) is 0 Å². The highest BCUT2D eigenvalue weighted by atomic mass is 32.2. The van der Waals surface area contributed by atoms with Crippen molar-refractivity contribution in [2.24, 2.45) is 11.5 Å². The van der Waals surface area contributed by atoms with Gasteiger partial charge in [0.15, 0.2) is 5.78 Å². The van der Waals surface area contributed by atoms with E-state index in [-0.39, 0.29) is 61.5 Å². The number of nitrogens with two attached hydrogens (primary N) is 2. The molecule has 0 saturated carbocycles. The number of hydrogen-bond acceptors (Lipinski definition) is 23. The molecule has 3 atom stereocenters. The normalized spacial score (nSPS) is 12.4. The smallest absolute Gasteiger partial charge is 0.306 e. The van der Waals surface area contributed by atoms with Crippen LogP contribution in [0.15, 0.2) is 0 Å². The Bertz CT molecular complexity index is 1780. The van der Waals surface area contributed by atoms with Crippen LogP contribution >= 0.6 is 11.8 Å². The molecule has 578 valence electrons. The van der Waals surface area contributed by atoms with Crippen LogP contribution < -0.4 is 16.8 Å². The number of ether oxygens (including phenoxy) is 14. The molecular weight excluding hydrogens is 1290 g/mol. The van der Waals surface area contributed by atoms with E-state index in [0.717, 1.165) is 38.5 Å². The first-order valence-corrected chi connectivity index (χ1v) is 39.0. The number of esters is 2. The average Bonchev–Trinajstić information content (AvgIpc) is 1.18. The van der Waals surface area contributed by atoms with Gasteiger partial charge in [-0.2, -0.15) is 11.8 Å². The zero-order chi connectivity index (χ0) is 71.4. The highest BCUT2D eigenvalue weighted by Crippen LogP contribution is 2.17. The van der Waals surface area contributed by atoms with Crippen LogP contribution in [0.1, 0.15) is 232 Å². The first kappa shape index (κ1) is 95.0. The molecule has 0 fully saturated rings. The molecule has 0 rings (SSSR count). The summed E-state index contributed by atoms with van der Waals surface area (Å²) in [4.78, 5) is 73.9. The number of hydrogen-bond donors (Lipinski definition) is 4. The minimum Gasteiger partial charge on any atom is -0.466 e. The van der Waals surface area contributed by atoms with Gasteiger partial charge in [0.2, 0.25) is 11.8 Å². The van der Waals surface area contributed by atoms with Crippen molar-refractivity contribution in [3.63, 3.8) is 0 Å². The molecule has 0 bridgehead atoms. The molecule has 25 heteroatoms. The molecule has 24 nitrogen and oxygen atoms in total. The number of carbonyl (C=O) groups is 6. The maximum Gasteiger partial charge on any atom is 0.306 e. The molecule has 98 heavy (non-hydrogen) atoms. The zero-order valence-electron chi connectivity index (χ0n) is 61.2. The van der Waals surface area contributed by atoms with Crippen molar-refractivity contribution in [2.45, 2.75) is 250 Å². The molecule has 0 aliphatic carbocycles. The number of unbranched alkanes of at least 4 members (excludes halogenated alkanes) is 24. The van der Waals surface area contributed by atoms with Gasteiger partial charge in [0.05, 0.1) is 171 Å². The summed E-state index contributed by atoms with van der Waals surface area (Å²) in [5.41, 5.74) is 11.3. The number of ketones is 2. The standard InChI is InChI=1S/C73H139N3O21S/c1-3-5-7-9-11-13-15-17-19-21-23-25-27-31-71(81)96-39-36-66(97-72(82)32-28-26-24-22-20-18-16-14-12-10-8-6-4-2)63-98-64-67(74)73(83)76-68(62-77)69(79)30-29-37-84-40-42-86-44-46-88-48-50-90-52-54-92-56-58-94-60-61-95-59-57-93-55-53-91-51-49-89-47-45-87-43-41-85-38-35-65(78)33-34-70(75)80/h66-68,77H,3-64,74H2,1-2H3,(H2,75,80)(H,76,83)/t66-,67+,68+/m1/s1. The lowest BCUT2D eigenvalue weighted by Gasteiger charge is -2.20. The van der Waals surface area contributed by atoms with Gasteiger partial charge in [0, 0.05) is 63.1 Å². The number of aliphatic hydroxyl groups excluding tert-OH is 1. The van der Waals surface area contributed by atoms with Gasteiger partial charge in [-0.25, -0.2) is 0 Å². The van der Waals surface area contributed by atoms with Crippen LogP contribution in [0.4, 0.5) is 0 Å². The molecule has 0 radical (unpaired) electrons. The molecule has 6 N–H and O–H groups in total. The molecule has 0 aliphatic heterocycles. The van der Waals surface area contributed by atoms with Gasteiger partial charge in [-0.15, -0.1) is 0 Å². The van der Waals surface area contributed by atoms with Crippen molar-refractivity contribution in [1.82, 2.24) is 5.32 Å². The van der Waals surface area contributed by atoms with Crippen LogP contribution in [0, 0.1) is 0 Å². The van der Waals surface area contributed by atoms with Crippen LogP contribution in [0.5, 0.6) is 0 Å². The van der Waals surface area contributed by atoms with E-state index in [0.29, 0.717) is 190 Å². The molecule has 0 unspecified atom stereocenters. The number of Topliss-reactive ketones (excluding diaryl/α,β-unsaturated/α-hetero) is 2. The maximum absolute atomic E-state index is 13.1. The Balaban J connectivity index is 4.05. The Labute approximate surface area is 595 Å². The number of primary amides is 1. The number of nitrogens with one attached hydrogen (secondary N) is 1. The molecule has 0 saturated heterocycles. The predicted molar refractivity (Wildman–Crippen MR) is 383 cm³/mol. The van der Waals surface area contributed by atoms with Crippen molar-refractivity contribution in [2.75, 3.05) is 183 Å². The highest BCUT2D eigenvalue weighted by molar-refractivity contribution is 7.99. The van der Waals surface area contributed by atoms with E-state index < -0.39 is 36.6 Å². The molecule has 0 aromatic rings. The Morgan fingerprint density at radius 2 is 0.684 bits per heavy atom. The van der Waals surface area contributed by atoms with Crippen molar-refractivity contribution in [3.8, 4) is 0 Å². The lowest BCUT2D eigenvalue weighted by atomic mass is 10.0. The van der Waals surface area contributed by atoms with Crippen LogP contribution in [-0.2, 0) is 95.1 Å². The Hall–Kier alpha value is -2.99. The number of aliphatic hydroxyl groups is 1. The summed E-state index contributed by atoms with van der Waals surface area (Å²) in [6, 6.07) is -2.08.